The largest absolute Gasteiger partial charge is 0.441 e. The number of para-hydroxylation sites is 2. The van der Waals surface area contributed by atoms with Crippen LogP contribution in [-0.2, 0) is 6.42 Å². The minimum Gasteiger partial charge on any atom is -0.441 e. The number of hydrogen-bond donors (Lipinski definition) is 1. The summed E-state index contributed by atoms with van der Waals surface area (Å²) in [6.07, 6.45) is -1.09. The van der Waals surface area contributed by atoms with Crippen LogP contribution in [0, 0.1) is 0 Å². The number of alkyl halides is 3. The molecule has 0 amide bonds. The Labute approximate surface area is 107 Å². The monoisotopic (exact) mass is 279 g/mol. The Bertz CT molecular complexity index is 459. The number of halogens is 3. The van der Waals surface area contributed by atoms with Gasteiger partial charge in [0, 0.05) is 0 Å². The molecule has 1 aromatic carbocycles. The second-order valence-electron chi connectivity index (χ2n) is 3.34. The van der Waals surface area contributed by atoms with E-state index in [1.54, 1.807) is 6.07 Å². The first-order valence-electron chi connectivity index (χ1n) is 4.56. The van der Waals surface area contributed by atoms with E-state index in [1.807, 2.05) is 18.2 Å². The fraction of sp³-hybridized carbons (Fsp3) is 0.300. The molecule has 1 N–H and O–H groups in total. The number of rotatable bonds is 2. The Hall–Kier alpha value is -0.480. The van der Waals surface area contributed by atoms with E-state index in [0.29, 0.717) is 17.0 Å². The lowest BCUT2D eigenvalue weighted by molar-refractivity contribution is 0.170. The lowest BCUT2D eigenvalue weighted by atomic mass is 10.3. The van der Waals surface area contributed by atoms with Crippen LogP contribution in [0.2, 0.25) is 0 Å². The van der Waals surface area contributed by atoms with E-state index in [1.165, 1.54) is 0 Å². The highest BCUT2D eigenvalue weighted by atomic mass is 35.6. The van der Waals surface area contributed by atoms with Crippen molar-refractivity contribution in [2.75, 3.05) is 0 Å². The van der Waals surface area contributed by atoms with Crippen LogP contribution < -0.4 is 0 Å². The van der Waals surface area contributed by atoms with E-state index in [9.17, 15) is 5.11 Å². The average Bonchev–Trinajstić information content (AvgIpc) is 2.58. The molecule has 0 bridgehead atoms. The van der Waals surface area contributed by atoms with Crippen LogP contribution in [0.5, 0.6) is 0 Å². The Kier molecular flexibility index (Phi) is 3.31. The summed E-state index contributed by atoms with van der Waals surface area (Å²) >= 11 is 16.6. The van der Waals surface area contributed by atoms with Crippen LogP contribution in [0.3, 0.4) is 0 Å². The highest BCUT2D eigenvalue weighted by molar-refractivity contribution is 6.68. The van der Waals surface area contributed by atoms with E-state index in [2.05, 4.69) is 4.98 Å². The van der Waals surface area contributed by atoms with E-state index >= 15 is 0 Å². The first-order valence-corrected chi connectivity index (χ1v) is 5.69. The summed E-state index contributed by atoms with van der Waals surface area (Å²) in [6.45, 7) is 0. The first kappa shape index (κ1) is 12.0. The molecule has 86 valence electrons. The maximum atomic E-state index is 9.57. The van der Waals surface area contributed by atoms with Gasteiger partial charge in [-0.25, -0.2) is 4.98 Å². The van der Waals surface area contributed by atoms with Gasteiger partial charge >= 0.3 is 0 Å². The molecule has 0 saturated heterocycles. The van der Waals surface area contributed by atoms with Gasteiger partial charge in [-0.2, -0.15) is 0 Å². The van der Waals surface area contributed by atoms with Crippen LogP contribution in [0.15, 0.2) is 28.7 Å². The molecule has 0 radical (unpaired) electrons. The quantitative estimate of drug-likeness (QED) is 0.860. The number of aliphatic hydroxyl groups excluding tert-OH is 1. The van der Waals surface area contributed by atoms with Crippen LogP contribution in [0.4, 0.5) is 0 Å². The van der Waals surface area contributed by atoms with Gasteiger partial charge in [-0.3, -0.25) is 0 Å². The molecule has 1 aromatic heterocycles. The highest BCUT2D eigenvalue weighted by Crippen LogP contribution is 2.32. The predicted octanol–water partition coefficient (Wildman–Crippen LogP) is 3.10. The summed E-state index contributed by atoms with van der Waals surface area (Å²) in [4.78, 5) is 4.16. The lowest BCUT2D eigenvalue weighted by Gasteiger charge is -2.16. The number of aromatic nitrogens is 1. The zero-order chi connectivity index (χ0) is 11.8. The Morgan fingerprint density at radius 1 is 1.31 bits per heavy atom. The van der Waals surface area contributed by atoms with Gasteiger partial charge in [0.1, 0.15) is 11.6 Å². The molecule has 0 saturated carbocycles. The zero-order valence-corrected chi connectivity index (χ0v) is 10.3. The number of nitrogens with zero attached hydrogens (tertiary/aromatic N) is 1. The standard InChI is InChI=1S/C10H8Cl3NO2/c11-10(12,13)8(15)5-9-14-6-3-1-2-4-7(6)16-9/h1-4,8,15H,5H2. The molecule has 16 heavy (non-hydrogen) atoms. The molecule has 1 heterocycles. The zero-order valence-electron chi connectivity index (χ0n) is 8.03. The third-order valence-electron chi connectivity index (χ3n) is 2.08. The van der Waals surface area contributed by atoms with Crippen molar-refractivity contribution in [2.24, 2.45) is 0 Å². The fourth-order valence-electron chi connectivity index (χ4n) is 1.29. The van der Waals surface area contributed by atoms with Crippen molar-refractivity contribution < 1.29 is 9.52 Å². The maximum absolute atomic E-state index is 9.57. The summed E-state index contributed by atoms with van der Waals surface area (Å²) in [5.74, 6) is 0.347. The van der Waals surface area contributed by atoms with E-state index in [-0.39, 0.29) is 6.42 Å². The molecule has 6 heteroatoms. The molecule has 0 aliphatic rings. The summed E-state index contributed by atoms with van der Waals surface area (Å²) in [6, 6.07) is 7.28. The molecule has 3 nitrogen and oxygen atoms in total. The first-order chi connectivity index (χ1) is 7.47. The molecule has 2 rings (SSSR count). The van der Waals surface area contributed by atoms with E-state index in [0.717, 1.165) is 0 Å². The van der Waals surface area contributed by atoms with Crippen molar-refractivity contribution in [1.82, 2.24) is 4.98 Å². The maximum Gasteiger partial charge on any atom is 0.216 e. The average molecular weight is 281 g/mol. The highest BCUT2D eigenvalue weighted by Gasteiger charge is 2.32. The van der Waals surface area contributed by atoms with Gasteiger partial charge in [-0.15, -0.1) is 0 Å². The molecule has 0 aliphatic heterocycles. The van der Waals surface area contributed by atoms with E-state index in [4.69, 9.17) is 39.2 Å². The number of hydrogen-bond acceptors (Lipinski definition) is 3. The molecule has 2 aromatic rings. The third kappa shape index (κ3) is 2.61. The van der Waals surface area contributed by atoms with Crippen LogP contribution >= 0.6 is 34.8 Å². The van der Waals surface area contributed by atoms with Gasteiger partial charge in [0.25, 0.3) is 0 Å². The third-order valence-corrected chi connectivity index (χ3v) is 2.84. The molecule has 0 fully saturated rings. The van der Waals surface area contributed by atoms with Crippen molar-refractivity contribution >= 4 is 45.9 Å². The molecule has 1 atom stereocenters. The Balaban J connectivity index is 2.22. The van der Waals surface area contributed by atoms with Gasteiger partial charge in [0.15, 0.2) is 11.5 Å². The molecule has 1 unspecified atom stereocenters. The van der Waals surface area contributed by atoms with Crippen LogP contribution in [0.25, 0.3) is 11.1 Å². The fourth-order valence-corrected chi connectivity index (χ4v) is 1.52. The Morgan fingerprint density at radius 3 is 2.62 bits per heavy atom. The van der Waals surface area contributed by atoms with Crippen molar-refractivity contribution in [3.8, 4) is 0 Å². The lowest BCUT2D eigenvalue weighted by Crippen LogP contribution is -2.27. The molecule has 0 aliphatic carbocycles. The van der Waals surface area contributed by atoms with Gasteiger partial charge < -0.3 is 9.52 Å². The number of benzene rings is 1. The van der Waals surface area contributed by atoms with Gasteiger partial charge in [0.05, 0.1) is 6.42 Å². The molecule has 0 spiro atoms. The molecular weight excluding hydrogens is 272 g/mol. The second kappa shape index (κ2) is 4.41. The van der Waals surface area contributed by atoms with Crippen molar-refractivity contribution in [1.29, 1.82) is 0 Å². The summed E-state index contributed by atoms with van der Waals surface area (Å²) in [5, 5.41) is 9.57. The number of fused-ring (bicyclic) bond motifs is 1. The normalized spacial score (nSPS) is 14.2. The predicted molar refractivity (Wildman–Crippen MR) is 64.0 cm³/mol. The minimum absolute atomic E-state index is 0.0607. The van der Waals surface area contributed by atoms with Crippen molar-refractivity contribution in [3.05, 3.63) is 30.2 Å². The Morgan fingerprint density at radius 2 is 2.00 bits per heavy atom. The summed E-state index contributed by atoms with van der Waals surface area (Å²) in [5.41, 5.74) is 1.36. The second-order valence-corrected chi connectivity index (χ2v) is 5.71. The SMILES string of the molecule is OC(Cc1nc2ccccc2o1)C(Cl)(Cl)Cl. The van der Waals surface area contributed by atoms with Crippen molar-refractivity contribution in [2.45, 2.75) is 16.3 Å². The smallest absolute Gasteiger partial charge is 0.216 e. The topological polar surface area (TPSA) is 46.3 Å². The van der Waals surface area contributed by atoms with Crippen LogP contribution in [0.1, 0.15) is 5.89 Å². The van der Waals surface area contributed by atoms with Gasteiger partial charge in [-0.1, -0.05) is 46.9 Å². The summed E-state index contributed by atoms with van der Waals surface area (Å²) in [7, 11) is 0. The number of aliphatic hydroxyl groups is 1. The summed E-state index contributed by atoms with van der Waals surface area (Å²) < 4.78 is 3.65. The van der Waals surface area contributed by atoms with Crippen molar-refractivity contribution in [3.63, 3.8) is 0 Å². The van der Waals surface area contributed by atoms with Gasteiger partial charge in [0.2, 0.25) is 3.79 Å². The molecular formula is C10H8Cl3NO2. The van der Waals surface area contributed by atoms with E-state index < -0.39 is 9.90 Å². The van der Waals surface area contributed by atoms with Gasteiger partial charge in [-0.05, 0) is 12.1 Å². The minimum atomic E-state index is -1.74. The number of oxazole rings is 1. The van der Waals surface area contributed by atoms with Crippen LogP contribution in [-0.4, -0.2) is 20.0 Å².